The molecule has 6 aromatic rings. The molecule has 0 unspecified atom stereocenters. The molecule has 3 heteroatoms. The van der Waals surface area contributed by atoms with Crippen LogP contribution < -0.4 is 0 Å². The number of hydrogen-bond donors (Lipinski definition) is 0. The van der Waals surface area contributed by atoms with E-state index >= 15 is 0 Å². The lowest BCUT2D eigenvalue weighted by Crippen LogP contribution is -2.12. The highest BCUT2D eigenvalue weighted by molar-refractivity contribution is 6.17. The van der Waals surface area contributed by atoms with Crippen LogP contribution in [0.2, 0.25) is 0 Å². The van der Waals surface area contributed by atoms with Gasteiger partial charge in [-0.2, -0.15) is 0 Å². The van der Waals surface area contributed by atoms with Crippen LogP contribution in [0.4, 0.5) is 0 Å². The molecule has 0 amide bonds. The molecule has 0 bridgehead atoms. The van der Waals surface area contributed by atoms with Gasteiger partial charge in [0.05, 0.1) is 17.3 Å². The molecular weight excluding hydrogens is 370 g/mol. The highest BCUT2D eigenvalue weighted by Gasteiger charge is 2.21. The first-order valence-electron chi connectivity index (χ1n) is 10.2. The molecule has 0 atom stereocenters. The second-order valence-electron chi connectivity index (χ2n) is 8.91. The van der Waals surface area contributed by atoms with Gasteiger partial charge in [-0.1, -0.05) is 51.1 Å². The number of pyridine rings is 1. The van der Waals surface area contributed by atoms with Gasteiger partial charge in [-0.05, 0) is 52.1 Å². The number of furan rings is 2. The molecule has 0 N–H and O–H groups in total. The molecule has 3 aromatic heterocycles. The van der Waals surface area contributed by atoms with Gasteiger partial charge in [0.1, 0.15) is 5.58 Å². The fourth-order valence-electron chi connectivity index (χ4n) is 4.49. The predicted molar refractivity (Wildman–Crippen MR) is 123 cm³/mol. The summed E-state index contributed by atoms with van der Waals surface area (Å²) in [7, 11) is 0. The smallest absolute Gasteiger partial charge is 0.178 e. The number of rotatable bonds is 1. The molecule has 0 saturated heterocycles. The minimum absolute atomic E-state index is 0.0162. The van der Waals surface area contributed by atoms with Crippen molar-refractivity contribution in [2.75, 3.05) is 0 Å². The molecule has 0 spiro atoms. The molecule has 3 aromatic carbocycles. The summed E-state index contributed by atoms with van der Waals surface area (Å²) in [4.78, 5) is 4.81. The SMILES string of the molecule is CC(C)(C)c1cc(-c2nccc3oc4c(ccc5ccoc54)c23)cc2ccccc12. The summed E-state index contributed by atoms with van der Waals surface area (Å²) in [6.07, 6.45) is 3.53. The van der Waals surface area contributed by atoms with Crippen molar-refractivity contribution in [2.45, 2.75) is 26.2 Å². The maximum Gasteiger partial charge on any atom is 0.178 e. The summed E-state index contributed by atoms with van der Waals surface area (Å²) in [5.74, 6) is 0. The van der Waals surface area contributed by atoms with E-state index in [0.717, 1.165) is 44.2 Å². The normalized spacial score (nSPS) is 12.5. The molecule has 3 nitrogen and oxygen atoms in total. The van der Waals surface area contributed by atoms with Crippen molar-refractivity contribution in [3.05, 3.63) is 78.7 Å². The molecule has 0 saturated carbocycles. The topological polar surface area (TPSA) is 39.2 Å². The largest absolute Gasteiger partial charge is 0.460 e. The number of hydrogen-bond acceptors (Lipinski definition) is 3. The molecule has 6 rings (SSSR count). The maximum atomic E-state index is 6.24. The van der Waals surface area contributed by atoms with Gasteiger partial charge in [-0.25, -0.2) is 0 Å². The van der Waals surface area contributed by atoms with Crippen LogP contribution in [0.5, 0.6) is 0 Å². The molecule has 0 aliphatic rings. The van der Waals surface area contributed by atoms with Crippen LogP contribution in [-0.2, 0) is 5.41 Å². The van der Waals surface area contributed by atoms with Gasteiger partial charge >= 0.3 is 0 Å². The van der Waals surface area contributed by atoms with Crippen LogP contribution in [0.25, 0.3) is 54.9 Å². The zero-order valence-electron chi connectivity index (χ0n) is 17.2. The first-order valence-corrected chi connectivity index (χ1v) is 10.2. The number of aromatic nitrogens is 1. The quantitative estimate of drug-likeness (QED) is 0.286. The Morgan fingerprint density at radius 1 is 0.800 bits per heavy atom. The summed E-state index contributed by atoms with van der Waals surface area (Å²) in [6.45, 7) is 6.77. The van der Waals surface area contributed by atoms with Crippen molar-refractivity contribution < 1.29 is 8.83 Å². The van der Waals surface area contributed by atoms with Crippen molar-refractivity contribution in [3.8, 4) is 11.3 Å². The zero-order valence-corrected chi connectivity index (χ0v) is 17.2. The fraction of sp³-hybridized carbons (Fsp3) is 0.148. The molecule has 146 valence electrons. The lowest BCUT2D eigenvalue weighted by Gasteiger charge is -2.22. The zero-order chi connectivity index (χ0) is 20.5. The van der Waals surface area contributed by atoms with Gasteiger partial charge < -0.3 is 8.83 Å². The van der Waals surface area contributed by atoms with Gasteiger partial charge in [0.25, 0.3) is 0 Å². The summed E-state index contributed by atoms with van der Waals surface area (Å²) >= 11 is 0. The third-order valence-corrected chi connectivity index (χ3v) is 5.91. The highest BCUT2D eigenvalue weighted by Crippen LogP contribution is 2.41. The lowest BCUT2D eigenvalue weighted by molar-refractivity contribution is 0.596. The van der Waals surface area contributed by atoms with Crippen molar-refractivity contribution in [2.24, 2.45) is 0 Å². The molecular formula is C27H21NO2. The van der Waals surface area contributed by atoms with Crippen LogP contribution in [0.15, 0.2) is 82.0 Å². The summed E-state index contributed by atoms with van der Waals surface area (Å²) < 4.78 is 12.0. The van der Waals surface area contributed by atoms with Crippen LogP contribution >= 0.6 is 0 Å². The van der Waals surface area contributed by atoms with Crippen LogP contribution in [-0.4, -0.2) is 4.98 Å². The third-order valence-electron chi connectivity index (χ3n) is 5.91. The molecule has 3 heterocycles. The number of fused-ring (bicyclic) bond motifs is 6. The molecule has 30 heavy (non-hydrogen) atoms. The van der Waals surface area contributed by atoms with Crippen molar-refractivity contribution in [1.29, 1.82) is 0 Å². The van der Waals surface area contributed by atoms with Crippen molar-refractivity contribution in [1.82, 2.24) is 4.98 Å². The average Bonchev–Trinajstić information content (AvgIpc) is 3.36. The van der Waals surface area contributed by atoms with Gasteiger partial charge in [-0.3, -0.25) is 4.98 Å². The van der Waals surface area contributed by atoms with E-state index in [2.05, 4.69) is 69.3 Å². The Kier molecular flexibility index (Phi) is 3.43. The van der Waals surface area contributed by atoms with Gasteiger partial charge in [0.15, 0.2) is 11.2 Å². The van der Waals surface area contributed by atoms with Gasteiger partial charge in [0, 0.05) is 22.5 Å². The predicted octanol–water partition coefficient (Wildman–Crippen LogP) is 7.84. The van der Waals surface area contributed by atoms with E-state index in [4.69, 9.17) is 13.8 Å². The van der Waals surface area contributed by atoms with E-state index < -0.39 is 0 Å². The Morgan fingerprint density at radius 2 is 1.67 bits per heavy atom. The van der Waals surface area contributed by atoms with E-state index in [9.17, 15) is 0 Å². The maximum absolute atomic E-state index is 6.24. The van der Waals surface area contributed by atoms with Gasteiger partial charge in [-0.15, -0.1) is 0 Å². The summed E-state index contributed by atoms with van der Waals surface area (Å²) in [5, 5.41) is 5.61. The molecule has 0 aliphatic carbocycles. The van der Waals surface area contributed by atoms with Crippen LogP contribution in [0.3, 0.4) is 0 Å². The number of benzene rings is 3. The Morgan fingerprint density at radius 3 is 2.53 bits per heavy atom. The van der Waals surface area contributed by atoms with Crippen LogP contribution in [0, 0.1) is 0 Å². The fourth-order valence-corrected chi connectivity index (χ4v) is 4.49. The Bertz CT molecular complexity index is 1580. The second-order valence-corrected chi connectivity index (χ2v) is 8.91. The Balaban J connectivity index is 1.73. The summed E-state index contributed by atoms with van der Waals surface area (Å²) in [6, 6.07) is 21.2. The minimum atomic E-state index is 0.0162. The monoisotopic (exact) mass is 391 g/mol. The van der Waals surface area contributed by atoms with Crippen molar-refractivity contribution in [3.63, 3.8) is 0 Å². The van der Waals surface area contributed by atoms with E-state index in [1.54, 1.807) is 6.26 Å². The third kappa shape index (κ3) is 2.42. The summed E-state index contributed by atoms with van der Waals surface area (Å²) in [5.41, 5.74) is 5.75. The van der Waals surface area contributed by atoms with Crippen LogP contribution in [0.1, 0.15) is 26.3 Å². The minimum Gasteiger partial charge on any atom is -0.460 e. The first kappa shape index (κ1) is 17.3. The first-order chi connectivity index (χ1) is 14.5. The number of nitrogens with zero attached hydrogens (tertiary/aromatic N) is 1. The second kappa shape index (κ2) is 5.96. The van der Waals surface area contributed by atoms with E-state index in [1.165, 1.54) is 16.3 Å². The standard InChI is InChI=1S/C27H21NO2/c1-27(2,3)21-15-18(14-17-6-4-5-7-19(17)21)24-23-20-9-8-16-11-13-29-25(16)26(20)30-22(23)10-12-28-24/h4-15H,1-3H3. The van der Waals surface area contributed by atoms with E-state index in [-0.39, 0.29) is 5.41 Å². The van der Waals surface area contributed by atoms with Crippen molar-refractivity contribution >= 4 is 43.7 Å². The highest BCUT2D eigenvalue weighted by atomic mass is 16.4. The average molecular weight is 391 g/mol. The van der Waals surface area contributed by atoms with E-state index in [0.29, 0.717) is 0 Å². The Labute approximate surface area is 173 Å². The molecule has 0 radical (unpaired) electrons. The van der Waals surface area contributed by atoms with Gasteiger partial charge in [0.2, 0.25) is 0 Å². The lowest BCUT2D eigenvalue weighted by atomic mass is 9.82. The Hall–Kier alpha value is -3.59. The molecule has 0 fully saturated rings. The molecule has 0 aliphatic heterocycles. The van der Waals surface area contributed by atoms with E-state index in [1.807, 2.05) is 18.3 Å².